The summed E-state index contributed by atoms with van der Waals surface area (Å²) in [5.41, 5.74) is 6.06. The number of imidazole rings is 1. The van der Waals surface area contributed by atoms with Gasteiger partial charge in [-0.1, -0.05) is 23.7 Å². The zero-order chi connectivity index (χ0) is 15.7. The molecule has 116 valence electrons. The highest BCUT2D eigenvalue weighted by molar-refractivity contribution is 6.32. The average molecular weight is 320 g/mol. The quantitative estimate of drug-likeness (QED) is 0.857. The van der Waals surface area contributed by atoms with Crippen molar-refractivity contribution >= 4 is 17.6 Å². The maximum atomic E-state index is 11.8. The molecule has 2 atom stereocenters. The van der Waals surface area contributed by atoms with Gasteiger partial charge in [0, 0.05) is 6.20 Å². The van der Waals surface area contributed by atoms with E-state index >= 15 is 0 Å². The van der Waals surface area contributed by atoms with Crippen LogP contribution in [0, 0.1) is 5.92 Å². The minimum absolute atomic E-state index is 0.114. The summed E-state index contributed by atoms with van der Waals surface area (Å²) in [6.45, 7) is 0.584. The van der Waals surface area contributed by atoms with Crippen molar-refractivity contribution in [3.05, 3.63) is 47.5 Å². The van der Waals surface area contributed by atoms with Crippen molar-refractivity contribution in [1.29, 1.82) is 0 Å². The summed E-state index contributed by atoms with van der Waals surface area (Å²) in [4.78, 5) is 16.1. The lowest BCUT2D eigenvalue weighted by molar-refractivity contribution is -0.140. The molecule has 0 saturated heterocycles. The molecule has 1 aliphatic carbocycles. The van der Waals surface area contributed by atoms with E-state index in [-0.39, 0.29) is 5.92 Å². The fraction of sp³-hybridized carbons (Fsp3) is 0.375. The number of aromatic nitrogens is 2. The van der Waals surface area contributed by atoms with Crippen LogP contribution in [0.1, 0.15) is 25.0 Å². The third-order valence-corrected chi connectivity index (χ3v) is 4.73. The molecule has 22 heavy (non-hydrogen) atoms. The number of benzene rings is 1. The Kier molecular flexibility index (Phi) is 3.93. The van der Waals surface area contributed by atoms with E-state index in [1.165, 1.54) is 0 Å². The van der Waals surface area contributed by atoms with Crippen molar-refractivity contribution in [2.24, 2.45) is 11.7 Å². The summed E-state index contributed by atoms with van der Waals surface area (Å²) in [5.74, 6) is -0.693. The molecule has 1 fully saturated rings. The lowest BCUT2D eigenvalue weighted by Gasteiger charge is -2.09. The molecule has 1 aromatic carbocycles. The van der Waals surface area contributed by atoms with Gasteiger partial charge in [-0.25, -0.2) is 4.98 Å². The Balaban J connectivity index is 1.90. The monoisotopic (exact) mass is 319 g/mol. The molecule has 3 rings (SSSR count). The minimum atomic E-state index is -0.859. The fourth-order valence-electron chi connectivity index (χ4n) is 3.07. The maximum Gasteiger partial charge on any atom is 0.316 e. The highest BCUT2D eigenvalue weighted by Crippen LogP contribution is 2.56. The molecule has 6 heteroatoms. The number of hydrogen-bond acceptors (Lipinski definition) is 3. The Morgan fingerprint density at radius 3 is 2.95 bits per heavy atom. The van der Waals surface area contributed by atoms with Gasteiger partial charge in [0.1, 0.15) is 5.41 Å². The van der Waals surface area contributed by atoms with Crippen LogP contribution in [0.15, 0.2) is 36.8 Å². The summed E-state index contributed by atoms with van der Waals surface area (Å²) in [6.07, 6.45) is 5.69. The van der Waals surface area contributed by atoms with Crippen LogP contribution in [0.2, 0.25) is 5.02 Å². The van der Waals surface area contributed by atoms with Crippen LogP contribution in [-0.2, 0) is 10.2 Å². The first-order valence-corrected chi connectivity index (χ1v) is 7.70. The second-order valence-electron chi connectivity index (χ2n) is 5.73. The molecule has 5 nitrogen and oxygen atoms in total. The largest absolute Gasteiger partial charge is 0.481 e. The fourth-order valence-corrected chi connectivity index (χ4v) is 3.31. The number of hydrogen-bond donors (Lipinski definition) is 2. The number of carboxylic acid groups (broad SMARTS) is 1. The van der Waals surface area contributed by atoms with E-state index in [2.05, 4.69) is 4.98 Å². The number of rotatable bonds is 6. The van der Waals surface area contributed by atoms with Gasteiger partial charge in [0.2, 0.25) is 0 Å². The highest BCUT2D eigenvalue weighted by atomic mass is 35.5. The van der Waals surface area contributed by atoms with Crippen molar-refractivity contribution in [3.63, 3.8) is 0 Å². The Hall–Kier alpha value is -1.85. The standard InChI is InChI=1S/C16H18ClN3O2/c17-12-5-1-2-6-13(12)20-9-14(19-10-20)16(15(21)22)8-11(16)4-3-7-18/h1-2,5-6,9-11H,3-4,7-8,18H2,(H,21,22)/t11-,16+/m0/s1. The summed E-state index contributed by atoms with van der Waals surface area (Å²) in [6, 6.07) is 7.41. The van der Waals surface area contributed by atoms with Gasteiger partial charge in [0.15, 0.2) is 0 Å². The number of carbonyl (C=O) groups is 1. The molecule has 1 heterocycles. The zero-order valence-corrected chi connectivity index (χ0v) is 12.8. The van der Waals surface area contributed by atoms with Gasteiger partial charge < -0.3 is 15.4 Å². The Bertz CT molecular complexity index is 700. The van der Waals surface area contributed by atoms with Crippen LogP contribution in [0.3, 0.4) is 0 Å². The number of para-hydroxylation sites is 1. The molecule has 0 radical (unpaired) electrons. The summed E-state index contributed by atoms with van der Waals surface area (Å²) >= 11 is 6.18. The van der Waals surface area contributed by atoms with E-state index in [0.29, 0.717) is 23.7 Å². The number of carboxylic acids is 1. The molecule has 0 spiro atoms. The predicted octanol–water partition coefficient (Wildman–Crippen LogP) is 2.61. The van der Waals surface area contributed by atoms with E-state index in [1.54, 1.807) is 23.2 Å². The first-order valence-electron chi connectivity index (χ1n) is 7.32. The molecule has 3 N–H and O–H groups in total. The summed E-state index contributed by atoms with van der Waals surface area (Å²) in [5, 5.41) is 10.3. The van der Waals surface area contributed by atoms with Crippen LogP contribution in [0.5, 0.6) is 0 Å². The number of nitrogens with two attached hydrogens (primary N) is 1. The van der Waals surface area contributed by atoms with Gasteiger partial charge in [-0.3, -0.25) is 4.79 Å². The molecular formula is C16H18ClN3O2. The van der Waals surface area contributed by atoms with Gasteiger partial charge >= 0.3 is 5.97 Å². The Morgan fingerprint density at radius 2 is 2.27 bits per heavy atom. The average Bonchev–Trinajstić information content (AvgIpc) is 3.04. The SMILES string of the molecule is NCCC[C@H]1C[C@]1(C(=O)O)c1cn(-c2ccccc2Cl)cn1. The second-order valence-corrected chi connectivity index (χ2v) is 6.13. The van der Waals surface area contributed by atoms with Crippen LogP contribution >= 0.6 is 11.6 Å². The van der Waals surface area contributed by atoms with Gasteiger partial charge in [-0.15, -0.1) is 0 Å². The van der Waals surface area contributed by atoms with Crippen LogP contribution < -0.4 is 5.73 Å². The molecule has 2 aromatic rings. The molecule has 0 bridgehead atoms. The normalized spacial score (nSPS) is 23.5. The van der Waals surface area contributed by atoms with Gasteiger partial charge in [-0.2, -0.15) is 0 Å². The van der Waals surface area contributed by atoms with E-state index in [9.17, 15) is 9.90 Å². The zero-order valence-electron chi connectivity index (χ0n) is 12.1. The van der Waals surface area contributed by atoms with Crippen molar-refractivity contribution in [3.8, 4) is 5.69 Å². The summed E-state index contributed by atoms with van der Waals surface area (Å²) in [7, 11) is 0. The Morgan fingerprint density at radius 1 is 1.50 bits per heavy atom. The molecule has 1 saturated carbocycles. The van der Waals surface area contributed by atoms with Crippen LogP contribution in [0.25, 0.3) is 5.69 Å². The topological polar surface area (TPSA) is 81.1 Å². The van der Waals surface area contributed by atoms with Crippen molar-refractivity contribution in [1.82, 2.24) is 9.55 Å². The molecular weight excluding hydrogens is 302 g/mol. The third kappa shape index (κ3) is 2.40. The molecule has 1 aliphatic rings. The lowest BCUT2D eigenvalue weighted by Crippen LogP contribution is -2.23. The lowest BCUT2D eigenvalue weighted by atomic mass is 9.98. The van der Waals surface area contributed by atoms with E-state index < -0.39 is 11.4 Å². The van der Waals surface area contributed by atoms with Gasteiger partial charge in [-0.05, 0) is 43.9 Å². The Labute approximate surface area is 133 Å². The predicted molar refractivity (Wildman–Crippen MR) is 84.3 cm³/mol. The molecule has 0 unspecified atom stereocenters. The van der Waals surface area contributed by atoms with Gasteiger partial charge in [0.25, 0.3) is 0 Å². The van der Waals surface area contributed by atoms with E-state index in [1.807, 2.05) is 18.2 Å². The minimum Gasteiger partial charge on any atom is -0.481 e. The number of halogens is 1. The maximum absolute atomic E-state index is 11.8. The van der Waals surface area contributed by atoms with Crippen molar-refractivity contribution in [2.75, 3.05) is 6.54 Å². The van der Waals surface area contributed by atoms with Crippen LogP contribution in [0.4, 0.5) is 0 Å². The number of nitrogens with zero attached hydrogens (tertiary/aromatic N) is 2. The smallest absolute Gasteiger partial charge is 0.316 e. The van der Waals surface area contributed by atoms with E-state index in [0.717, 1.165) is 18.5 Å². The van der Waals surface area contributed by atoms with E-state index in [4.69, 9.17) is 17.3 Å². The third-order valence-electron chi connectivity index (χ3n) is 4.41. The molecule has 1 aromatic heterocycles. The summed E-state index contributed by atoms with van der Waals surface area (Å²) < 4.78 is 1.78. The molecule has 0 amide bonds. The van der Waals surface area contributed by atoms with Gasteiger partial charge in [0.05, 0.1) is 22.7 Å². The van der Waals surface area contributed by atoms with Crippen molar-refractivity contribution < 1.29 is 9.90 Å². The van der Waals surface area contributed by atoms with Crippen LogP contribution in [-0.4, -0.2) is 27.2 Å². The number of aliphatic carboxylic acids is 1. The first-order chi connectivity index (χ1) is 10.6. The second kappa shape index (κ2) is 5.74. The van der Waals surface area contributed by atoms with Crippen molar-refractivity contribution in [2.45, 2.75) is 24.7 Å². The highest BCUT2D eigenvalue weighted by Gasteiger charge is 2.62. The molecule has 0 aliphatic heterocycles. The first kappa shape index (κ1) is 15.1.